The fourth-order valence-corrected chi connectivity index (χ4v) is 5.66. The number of benzene rings is 1. The number of ether oxygens (including phenoxy) is 2. The predicted molar refractivity (Wildman–Crippen MR) is 135 cm³/mol. The third-order valence-corrected chi connectivity index (χ3v) is 9.73. The minimum atomic E-state index is -3.74. The number of aryl methyl sites for hydroxylation is 1. The first-order chi connectivity index (χ1) is 15.2. The first-order valence-electron chi connectivity index (χ1n) is 11.6. The summed E-state index contributed by atoms with van der Waals surface area (Å²) >= 11 is 3.80. The molecule has 1 aliphatic heterocycles. The molecule has 0 saturated carbocycles. The zero-order chi connectivity index (χ0) is 24.9. The van der Waals surface area contributed by atoms with Crippen LogP contribution in [0.15, 0.2) is 29.2 Å². The smallest absolute Gasteiger partial charge is 0.297 e. The maximum Gasteiger partial charge on any atom is 0.297 e. The van der Waals surface area contributed by atoms with E-state index in [4.69, 9.17) is 13.7 Å². The van der Waals surface area contributed by atoms with Crippen LogP contribution >= 0.6 is 16.1 Å². The molecule has 1 saturated heterocycles. The van der Waals surface area contributed by atoms with Gasteiger partial charge in [0.25, 0.3) is 10.1 Å². The number of rotatable bonds is 12. The van der Waals surface area contributed by atoms with Crippen molar-refractivity contribution >= 4 is 26.3 Å². The molecule has 0 radical (unpaired) electrons. The molecule has 0 aromatic heterocycles. The minimum Gasteiger partial charge on any atom is -0.377 e. The van der Waals surface area contributed by atoms with E-state index in [1.165, 1.54) is 0 Å². The van der Waals surface area contributed by atoms with Gasteiger partial charge in [0.05, 0.1) is 58.1 Å². The van der Waals surface area contributed by atoms with Gasteiger partial charge < -0.3 is 14.0 Å². The number of hydrogen-bond donors (Lipinski definition) is 0. The van der Waals surface area contributed by atoms with Crippen LogP contribution < -0.4 is 0 Å². The van der Waals surface area contributed by atoms with Gasteiger partial charge in [0.15, 0.2) is 0 Å². The van der Waals surface area contributed by atoms with Crippen LogP contribution in [0, 0.1) is 6.92 Å². The molecular formula is C24H42BrN2O5S+. The van der Waals surface area contributed by atoms with Gasteiger partial charge in [0.2, 0.25) is 0 Å². The van der Waals surface area contributed by atoms with E-state index in [-0.39, 0.29) is 29.2 Å². The van der Waals surface area contributed by atoms with Crippen LogP contribution in [0.2, 0.25) is 0 Å². The molecule has 0 unspecified atom stereocenters. The van der Waals surface area contributed by atoms with Crippen molar-refractivity contribution in [1.82, 2.24) is 3.93 Å². The van der Waals surface area contributed by atoms with E-state index in [1.807, 2.05) is 6.92 Å². The van der Waals surface area contributed by atoms with E-state index in [2.05, 4.69) is 61.9 Å². The van der Waals surface area contributed by atoms with Gasteiger partial charge in [-0.3, -0.25) is 4.18 Å². The highest BCUT2D eigenvalue weighted by Crippen LogP contribution is 2.43. The van der Waals surface area contributed by atoms with Crippen molar-refractivity contribution in [3.8, 4) is 0 Å². The summed E-state index contributed by atoms with van der Waals surface area (Å²) in [5.41, 5.74) is 1.17. The molecule has 2 rings (SSSR count). The molecule has 0 N–H and O–H groups in total. The van der Waals surface area contributed by atoms with Gasteiger partial charge >= 0.3 is 0 Å². The summed E-state index contributed by atoms with van der Waals surface area (Å²) in [6.07, 6.45) is 2.23. The van der Waals surface area contributed by atoms with Crippen LogP contribution in [-0.2, 0) is 23.8 Å². The van der Waals surface area contributed by atoms with Crippen LogP contribution in [0.4, 0.5) is 0 Å². The average molecular weight is 551 g/mol. The largest absolute Gasteiger partial charge is 0.377 e. The lowest BCUT2D eigenvalue weighted by atomic mass is 9.78. The number of likely N-dealkylation sites (N-methyl/N-ethyl adjacent to an activating group) is 1. The molecule has 1 heterocycles. The summed E-state index contributed by atoms with van der Waals surface area (Å²) in [6.45, 7) is 13.7. The monoisotopic (exact) mass is 549 g/mol. The SMILES string of the molecule is Cc1ccc(S(=O)(=O)OCCOCCOCC[N+](C)(C)C2CC(C)(C)N(Br)C(C)(C)C2)cc1. The Hall–Kier alpha value is -0.550. The van der Waals surface area contributed by atoms with Crippen molar-refractivity contribution < 1.29 is 26.6 Å². The highest BCUT2D eigenvalue weighted by Gasteiger charge is 2.49. The van der Waals surface area contributed by atoms with Crippen molar-refractivity contribution in [1.29, 1.82) is 0 Å². The average Bonchev–Trinajstić information content (AvgIpc) is 2.70. The predicted octanol–water partition coefficient (Wildman–Crippen LogP) is 4.14. The maximum atomic E-state index is 12.1. The van der Waals surface area contributed by atoms with E-state index < -0.39 is 10.1 Å². The highest BCUT2D eigenvalue weighted by molar-refractivity contribution is 9.07. The number of quaternary nitrogens is 1. The lowest BCUT2D eigenvalue weighted by Gasteiger charge is -2.55. The van der Waals surface area contributed by atoms with Crippen molar-refractivity contribution in [3.63, 3.8) is 0 Å². The second-order valence-corrected chi connectivity index (χ2v) is 13.1. The topological polar surface area (TPSA) is 65.1 Å². The minimum absolute atomic E-state index is 0.0159. The van der Waals surface area contributed by atoms with Gasteiger partial charge in [-0.15, -0.1) is 0 Å². The molecule has 190 valence electrons. The van der Waals surface area contributed by atoms with Crippen LogP contribution in [-0.4, -0.2) is 87.6 Å². The maximum absolute atomic E-state index is 12.1. The van der Waals surface area contributed by atoms with E-state index >= 15 is 0 Å². The summed E-state index contributed by atoms with van der Waals surface area (Å²) in [7, 11) is 0.823. The molecular weight excluding hydrogens is 508 g/mol. The van der Waals surface area contributed by atoms with Crippen LogP contribution in [0.5, 0.6) is 0 Å². The van der Waals surface area contributed by atoms with Crippen LogP contribution in [0.25, 0.3) is 0 Å². The Morgan fingerprint density at radius 1 is 0.939 bits per heavy atom. The molecule has 1 fully saturated rings. The van der Waals surface area contributed by atoms with Gasteiger partial charge in [-0.05, 0) is 46.8 Å². The second kappa shape index (κ2) is 11.5. The standard InChI is InChI=1S/C24H42BrN2O5S/c1-20-8-10-22(11-9-20)33(28,29)32-17-16-31-15-14-30-13-12-27(6,7)21-18-23(2,3)26(25)24(4,5)19-21/h8-11,21H,12-19H2,1-7H3/q+1. The molecule has 9 heteroatoms. The Morgan fingerprint density at radius 3 is 1.97 bits per heavy atom. The number of nitrogens with zero attached hydrogens (tertiary/aromatic N) is 2. The fraction of sp³-hybridized carbons (Fsp3) is 0.750. The molecule has 0 aliphatic carbocycles. The zero-order valence-corrected chi connectivity index (χ0v) is 23.7. The van der Waals surface area contributed by atoms with E-state index in [0.717, 1.165) is 29.4 Å². The van der Waals surface area contributed by atoms with E-state index in [0.29, 0.717) is 25.9 Å². The Bertz CT molecular complexity index is 838. The molecule has 1 aromatic rings. The third-order valence-electron chi connectivity index (χ3n) is 6.48. The van der Waals surface area contributed by atoms with Gasteiger partial charge in [-0.1, -0.05) is 17.7 Å². The molecule has 0 bridgehead atoms. The van der Waals surface area contributed by atoms with Gasteiger partial charge in [-0.25, -0.2) is 3.93 Å². The van der Waals surface area contributed by atoms with Crippen molar-refractivity contribution in [2.75, 3.05) is 53.7 Å². The van der Waals surface area contributed by atoms with Gasteiger partial charge in [0, 0.05) is 40.1 Å². The Balaban J connectivity index is 1.63. The van der Waals surface area contributed by atoms with Crippen LogP contribution in [0.1, 0.15) is 46.1 Å². The summed E-state index contributed by atoms with van der Waals surface area (Å²) in [6, 6.07) is 7.14. The molecule has 1 aromatic carbocycles. The van der Waals surface area contributed by atoms with Crippen LogP contribution in [0.3, 0.4) is 0 Å². The van der Waals surface area contributed by atoms with Gasteiger partial charge in [-0.2, -0.15) is 8.42 Å². The normalized spacial score (nSPS) is 19.6. The third kappa shape index (κ3) is 8.26. The van der Waals surface area contributed by atoms with Crippen molar-refractivity contribution in [2.24, 2.45) is 0 Å². The molecule has 0 atom stereocenters. The Labute approximate surface area is 209 Å². The molecule has 0 spiro atoms. The molecule has 7 nitrogen and oxygen atoms in total. The Kier molecular flexibility index (Phi) is 9.96. The number of halogens is 1. The second-order valence-electron chi connectivity index (χ2n) is 10.8. The fourth-order valence-electron chi connectivity index (χ4n) is 4.48. The first kappa shape index (κ1) is 28.7. The summed E-state index contributed by atoms with van der Waals surface area (Å²) in [4.78, 5) is 0.158. The van der Waals surface area contributed by atoms with E-state index in [9.17, 15) is 8.42 Å². The summed E-state index contributed by atoms with van der Waals surface area (Å²) in [5.74, 6) is 0. The summed E-state index contributed by atoms with van der Waals surface area (Å²) < 4.78 is 43.8. The highest BCUT2D eigenvalue weighted by atomic mass is 79.9. The van der Waals surface area contributed by atoms with Crippen molar-refractivity contribution in [2.45, 2.75) is 69.5 Å². The lowest BCUT2D eigenvalue weighted by Crippen LogP contribution is -2.64. The lowest BCUT2D eigenvalue weighted by molar-refractivity contribution is -0.918. The molecule has 1 aliphatic rings. The number of hydrogen-bond acceptors (Lipinski definition) is 6. The molecule has 33 heavy (non-hydrogen) atoms. The zero-order valence-electron chi connectivity index (χ0n) is 21.3. The van der Waals surface area contributed by atoms with Crippen molar-refractivity contribution in [3.05, 3.63) is 29.8 Å². The molecule has 0 amide bonds. The quantitative estimate of drug-likeness (QED) is 0.169. The number of piperidine rings is 1. The van der Waals surface area contributed by atoms with Gasteiger partial charge in [0.1, 0.15) is 6.54 Å². The first-order valence-corrected chi connectivity index (χ1v) is 13.7. The van der Waals surface area contributed by atoms with E-state index in [1.54, 1.807) is 24.3 Å². The Morgan fingerprint density at radius 2 is 1.42 bits per heavy atom. The summed E-state index contributed by atoms with van der Waals surface area (Å²) in [5, 5.41) is 0.